The van der Waals surface area contributed by atoms with Crippen LogP contribution in [0.1, 0.15) is 25.7 Å². The molecule has 0 amide bonds. The highest BCUT2D eigenvalue weighted by molar-refractivity contribution is 9.24. The Morgan fingerprint density at radius 1 is 1.27 bits per heavy atom. The first-order valence-corrected chi connectivity index (χ1v) is 5.63. The van der Waals surface area contributed by atoms with E-state index in [1.807, 2.05) is 0 Å². The minimum absolute atomic E-state index is 0.166. The molecular weight excluding hydrogens is 276 g/mol. The fourth-order valence-electron chi connectivity index (χ4n) is 1.15. The number of ether oxygens (including phenoxy) is 1. The molecule has 1 heterocycles. The van der Waals surface area contributed by atoms with E-state index in [0.29, 0.717) is 13.0 Å². The predicted octanol–water partition coefficient (Wildman–Crippen LogP) is 2.38. The van der Waals surface area contributed by atoms with Crippen molar-refractivity contribution >= 4 is 31.9 Å². The van der Waals surface area contributed by atoms with E-state index < -0.39 is 5.79 Å². The topological polar surface area (TPSA) is 29.5 Å². The Balaban J connectivity index is 2.52. The average Bonchev–Trinajstić information content (AvgIpc) is 2.15. The van der Waals surface area contributed by atoms with E-state index in [2.05, 4.69) is 31.9 Å². The first-order valence-electron chi connectivity index (χ1n) is 3.80. The average molecular weight is 288 g/mol. The van der Waals surface area contributed by atoms with Gasteiger partial charge >= 0.3 is 0 Å². The summed E-state index contributed by atoms with van der Waals surface area (Å²) in [7, 11) is 0. The smallest absolute Gasteiger partial charge is 0.188 e. The molecule has 1 unspecified atom stereocenters. The zero-order valence-electron chi connectivity index (χ0n) is 6.22. The van der Waals surface area contributed by atoms with Crippen molar-refractivity contribution < 1.29 is 9.84 Å². The van der Waals surface area contributed by atoms with Crippen molar-refractivity contribution in [1.29, 1.82) is 0 Å². The molecule has 2 nitrogen and oxygen atoms in total. The molecule has 0 aromatic rings. The minimum Gasteiger partial charge on any atom is -0.364 e. The Labute approximate surface area is 83.6 Å². The third-order valence-electron chi connectivity index (χ3n) is 1.87. The van der Waals surface area contributed by atoms with Crippen molar-refractivity contribution in [3.8, 4) is 0 Å². The summed E-state index contributed by atoms with van der Waals surface area (Å²) in [6, 6.07) is 0. The first-order chi connectivity index (χ1) is 5.15. The molecule has 1 saturated heterocycles. The van der Waals surface area contributed by atoms with E-state index in [4.69, 9.17) is 4.74 Å². The number of hydrogen-bond acceptors (Lipinski definition) is 2. The summed E-state index contributed by atoms with van der Waals surface area (Å²) in [5.41, 5.74) is 0. The highest BCUT2D eigenvalue weighted by atomic mass is 79.9. The Kier molecular flexibility index (Phi) is 3.81. The first kappa shape index (κ1) is 9.96. The fraction of sp³-hybridized carbons (Fsp3) is 1.00. The van der Waals surface area contributed by atoms with Gasteiger partial charge < -0.3 is 9.84 Å². The summed E-state index contributed by atoms with van der Waals surface area (Å²) >= 11 is 6.54. The lowest BCUT2D eigenvalue weighted by Gasteiger charge is -2.27. The van der Waals surface area contributed by atoms with E-state index in [-0.39, 0.29) is 3.74 Å². The van der Waals surface area contributed by atoms with Crippen LogP contribution in [0.2, 0.25) is 0 Å². The Morgan fingerprint density at radius 2 is 2.00 bits per heavy atom. The van der Waals surface area contributed by atoms with Gasteiger partial charge in [-0.05, 0) is 12.8 Å². The quantitative estimate of drug-likeness (QED) is 0.751. The molecule has 0 aromatic heterocycles. The van der Waals surface area contributed by atoms with Gasteiger partial charge in [-0.15, -0.1) is 0 Å². The summed E-state index contributed by atoms with van der Waals surface area (Å²) in [5, 5.41) is 9.81. The van der Waals surface area contributed by atoms with Gasteiger partial charge in [-0.3, -0.25) is 0 Å². The third kappa shape index (κ3) is 2.68. The molecule has 0 radical (unpaired) electrons. The van der Waals surface area contributed by atoms with Gasteiger partial charge in [0.2, 0.25) is 0 Å². The summed E-state index contributed by atoms with van der Waals surface area (Å²) in [6.07, 6.45) is 3.93. The van der Waals surface area contributed by atoms with Crippen LogP contribution in [0.5, 0.6) is 0 Å². The highest BCUT2D eigenvalue weighted by Gasteiger charge is 2.35. The lowest BCUT2D eigenvalue weighted by molar-refractivity contribution is -0.187. The van der Waals surface area contributed by atoms with Crippen molar-refractivity contribution in [1.82, 2.24) is 0 Å². The van der Waals surface area contributed by atoms with Crippen LogP contribution in [0, 0.1) is 0 Å². The molecule has 1 fully saturated rings. The predicted molar refractivity (Wildman–Crippen MR) is 51.0 cm³/mol. The van der Waals surface area contributed by atoms with Gasteiger partial charge in [-0.1, -0.05) is 38.3 Å². The van der Waals surface area contributed by atoms with Crippen LogP contribution in [0.3, 0.4) is 0 Å². The maximum atomic E-state index is 9.81. The number of hydrogen-bond donors (Lipinski definition) is 1. The van der Waals surface area contributed by atoms with E-state index in [1.54, 1.807) is 0 Å². The molecule has 0 saturated carbocycles. The van der Waals surface area contributed by atoms with Crippen molar-refractivity contribution in [3.63, 3.8) is 0 Å². The van der Waals surface area contributed by atoms with Crippen molar-refractivity contribution in [2.45, 2.75) is 35.2 Å². The Bertz CT molecular complexity index is 120. The van der Waals surface area contributed by atoms with E-state index in [0.717, 1.165) is 19.3 Å². The van der Waals surface area contributed by atoms with Crippen LogP contribution in [0.15, 0.2) is 0 Å². The second-order valence-electron chi connectivity index (χ2n) is 2.80. The van der Waals surface area contributed by atoms with Crippen LogP contribution in [0.4, 0.5) is 0 Å². The Morgan fingerprint density at radius 3 is 2.64 bits per heavy atom. The summed E-state index contributed by atoms with van der Waals surface area (Å²) in [4.78, 5) is 0. The van der Waals surface area contributed by atoms with Crippen LogP contribution >= 0.6 is 31.9 Å². The molecule has 0 spiro atoms. The molecule has 1 aliphatic rings. The van der Waals surface area contributed by atoms with Gasteiger partial charge in [-0.25, -0.2) is 0 Å². The van der Waals surface area contributed by atoms with Gasteiger partial charge in [0.1, 0.15) is 3.74 Å². The summed E-state index contributed by atoms with van der Waals surface area (Å²) in [5.74, 6) is -1.00. The zero-order chi connectivity index (χ0) is 8.32. The molecule has 66 valence electrons. The van der Waals surface area contributed by atoms with Crippen LogP contribution in [-0.2, 0) is 4.74 Å². The molecule has 0 aliphatic carbocycles. The molecule has 0 aromatic carbocycles. The second-order valence-corrected chi connectivity index (χ2v) is 5.86. The van der Waals surface area contributed by atoms with Gasteiger partial charge in [0.15, 0.2) is 5.79 Å². The molecular formula is C7H12Br2O2. The van der Waals surface area contributed by atoms with E-state index >= 15 is 0 Å². The fourth-order valence-corrected chi connectivity index (χ4v) is 1.87. The van der Waals surface area contributed by atoms with Gasteiger partial charge in [0, 0.05) is 6.42 Å². The lowest BCUT2D eigenvalue weighted by Crippen LogP contribution is -2.37. The standard InChI is InChI=1S/C7H12Br2O2/c8-6(9)7(10)4-2-1-3-5-11-7/h6,10H,1-5H2. The van der Waals surface area contributed by atoms with Crippen molar-refractivity contribution in [2.24, 2.45) is 0 Å². The molecule has 1 N–H and O–H groups in total. The minimum atomic E-state index is -1.00. The summed E-state index contributed by atoms with van der Waals surface area (Å²) < 4.78 is 5.15. The molecule has 1 rings (SSSR count). The maximum Gasteiger partial charge on any atom is 0.188 e. The van der Waals surface area contributed by atoms with Crippen molar-refractivity contribution in [2.75, 3.05) is 6.61 Å². The van der Waals surface area contributed by atoms with Crippen molar-refractivity contribution in [3.05, 3.63) is 0 Å². The largest absolute Gasteiger partial charge is 0.364 e. The van der Waals surface area contributed by atoms with E-state index in [9.17, 15) is 5.11 Å². The number of aliphatic hydroxyl groups is 1. The SMILES string of the molecule is OC1(C(Br)Br)CCCCCO1. The molecule has 0 bridgehead atoms. The maximum absolute atomic E-state index is 9.81. The van der Waals surface area contributed by atoms with E-state index in [1.165, 1.54) is 0 Å². The van der Waals surface area contributed by atoms with Crippen LogP contribution < -0.4 is 0 Å². The highest BCUT2D eigenvalue weighted by Crippen LogP contribution is 2.32. The van der Waals surface area contributed by atoms with Gasteiger partial charge in [0.25, 0.3) is 0 Å². The second kappa shape index (κ2) is 4.21. The molecule has 11 heavy (non-hydrogen) atoms. The molecule has 1 aliphatic heterocycles. The number of rotatable bonds is 1. The zero-order valence-corrected chi connectivity index (χ0v) is 9.40. The lowest BCUT2D eigenvalue weighted by atomic mass is 10.1. The normalized spacial score (nSPS) is 33.8. The summed E-state index contributed by atoms with van der Waals surface area (Å²) in [6.45, 7) is 0.657. The molecule has 4 heteroatoms. The Hall–Kier alpha value is 0.880. The van der Waals surface area contributed by atoms with Crippen LogP contribution in [-0.4, -0.2) is 21.2 Å². The third-order valence-corrected chi connectivity index (χ3v) is 3.30. The molecule has 1 atom stereocenters. The van der Waals surface area contributed by atoms with Gasteiger partial charge in [0.05, 0.1) is 6.61 Å². The number of halogens is 2. The number of alkyl halides is 2. The van der Waals surface area contributed by atoms with Crippen LogP contribution in [0.25, 0.3) is 0 Å². The monoisotopic (exact) mass is 286 g/mol. The van der Waals surface area contributed by atoms with Gasteiger partial charge in [-0.2, -0.15) is 0 Å².